The number of fused-ring (bicyclic) bond motifs is 1. The maximum atomic E-state index is 12.8. The van der Waals surface area contributed by atoms with Crippen LogP contribution >= 0.6 is 0 Å². The normalized spacial score (nSPS) is 18.1. The topological polar surface area (TPSA) is 75.9 Å². The van der Waals surface area contributed by atoms with Crippen molar-refractivity contribution in [3.05, 3.63) is 40.8 Å². The molecule has 1 saturated heterocycles. The number of furan rings is 1. The number of hydrogen-bond donors (Lipinski definition) is 2. The molecular formula is C21H27N3O3. The minimum absolute atomic E-state index is 0.0960. The molecule has 2 N–H and O–H groups in total. The van der Waals surface area contributed by atoms with Crippen molar-refractivity contribution in [2.45, 2.75) is 40.2 Å². The molecule has 0 bridgehead atoms. The average Bonchev–Trinajstić information content (AvgIpc) is 3.25. The maximum absolute atomic E-state index is 12.8. The van der Waals surface area contributed by atoms with Gasteiger partial charge in [0.25, 0.3) is 5.91 Å². The van der Waals surface area contributed by atoms with Crippen LogP contribution < -0.4 is 15.4 Å². The molecule has 0 aliphatic carbocycles. The van der Waals surface area contributed by atoms with Crippen molar-refractivity contribution in [1.29, 1.82) is 0 Å². The molecule has 1 fully saturated rings. The van der Waals surface area contributed by atoms with Gasteiger partial charge in [0.2, 0.25) is 0 Å². The zero-order valence-electron chi connectivity index (χ0n) is 16.4. The quantitative estimate of drug-likeness (QED) is 0.763. The van der Waals surface area contributed by atoms with Crippen molar-refractivity contribution in [1.82, 2.24) is 10.6 Å². The predicted octanol–water partition coefficient (Wildman–Crippen LogP) is 3.60. The van der Waals surface area contributed by atoms with Crippen LogP contribution in [0.25, 0.3) is 11.0 Å². The first-order valence-corrected chi connectivity index (χ1v) is 9.32. The van der Waals surface area contributed by atoms with Gasteiger partial charge in [-0.2, -0.15) is 0 Å². The minimum atomic E-state index is -0.0960. The first-order valence-electron chi connectivity index (χ1n) is 9.32. The summed E-state index contributed by atoms with van der Waals surface area (Å²) >= 11 is 0. The monoisotopic (exact) mass is 369 g/mol. The Bertz CT molecular complexity index is 889. The fraction of sp³-hybridized carbons (Fsp3) is 0.429. The van der Waals surface area contributed by atoms with E-state index in [-0.39, 0.29) is 11.9 Å². The first kappa shape index (κ1) is 19.2. The number of benzene rings is 1. The van der Waals surface area contributed by atoms with Crippen LogP contribution in [-0.2, 0) is 0 Å². The average molecular weight is 369 g/mol. The van der Waals surface area contributed by atoms with Crippen LogP contribution in [0.2, 0.25) is 0 Å². The van der Waals surface area contributed by atoms with Gasteiger partial charge >= 0.3 is 0 Å². The number of hydrogen-bond acceptors (Lipinski definition) is 5. The van der Waals surface area contributed by atoms with Crippen molar-refractivity contribution < 1.29 is 13.9 Å². The minimum Gasteiger partial charge on any atom is -0.489 e. The Labute approximate surface area is 159 Å². The summed E-state index contributed by atoms with van der Waals surface area (Å²) in [6.45, 7) is 9.85. The van der Waals surface area contributed by atoms with Gasteiger partial charge in [-0.1, -0.05) is 0 Å². The lowest BCUT2D eigenvalue weighted by atomic mass is 10.1. The number of rotatable bonds is 6. The lowest BCUT2D eigenvalue weighted by Gasteiger charge is -2.11. The van der Waals surface area contributed by atoms with Crippen LogP contribution in [0.5, 0.6) is 5.75 Å². The Morgan fingerprint density at radius 2 is 2.26 bits per heavy atom. The summed E-state index contributed by atoms with van der Waals surface area (Å²) in [6.07, 6.45) is 2.71. The fourth-order valence-electron chi connectivity index (χ4n) is 3.21. The summed E-state index contributed by atoms with van der Waals surface area (Å²) in [7, 11) is 0. The Morgan fingerprint density at radius 1 is 1.44 bits per heavy atom. The molecule has 6 heteroatoms. The summed E-state index contributed by atoms with van der Waals surface area (Å²) in [4.78, 5) is 17.0. The molecule has 144 valence electrons. The van der Waals surface area contributed by atoms with Crippen molar-refractivity contribution in [3.8, 4) is 5.75 Å². The highest BCUT2D eigenvalue weighted by Gasteiger charge is 2.23. The van der Waals surface area contributed by atoms with Crippen LogP contribution in [0.3, 0.4) is 0 Å². The highest BCUT2D eigenvalue weighted by molar-refractivity contribution is 6.07. The van der Waals surface area contributed by atoms with E-state index in [9.17, 15) is 4.79 Å². The second kappa shape index (κ2) is 8.39. The smallest absolute Gasteiger partial charge is 0.255 e. The van der Waals surface area contributed by atoms with E-state index >= 15 is 0 Å². The molecule has 3 rings (SSSR count). The lowest BCUT2D eigenvalue weighted by Crippen LogP contribution is -2.36. The van der Waals surface area contributed by atoms with Gasteiger partial charge in [-0.3, -0.25) is 9.79 Å². The van der Waals surface area contributed by atoms with Gasteiger partial charge in [-0.05, 0) is 64.4 Å². The van der Waals surface area contributed by atoms with Crippen LogP contribution in [-0.4, -0.2) is 37.9 Å². The van der Waals surface area contributed by atoms with E-state index in [1.807, 2.05) is 45.9 Å². The van der Waals surface area contributed by atoms with Gasteiger partial charge in [-0.25, -0.2) is 0 Å². The molecule has 1 atom stereocenters. The van der Waals surface area contributed by atoms with Gasteiger partial charge in [0.05, 0.1) is 5.56 Å². The molecule has 1 aliphatic heterocycles. The highest BCUT2D eigenvalue weighted by Crippen LogP contribution is 2.29. The van der Waals surface area contributed by atoms with E-state index < -0.39 is 0 Å². The maximum Gasteiger partial charge on any atom is 0.255 e. The molecule has 1 aromatic heterocycles. The third-order valence-electron chi connectivity index (χ3n) is 4.85. The van der Waals surface area contributed by atoms with E-state index in [1.165, 1.54) is 0 Å². The van der Waals surface area contributed by atoms with Crippen molar-refractivity contribution in [2.75, 3.05) is 19.7 Å². The summed E-state index contributed by atoms with van der Waals surface area (Å²) in [6, 6.07) is 5.75. The number of aryl methyl sites for hydroxylation is 1. The van der Waals surface area contributed by atoms with Crippen LogP contribution in [0.4, 0.5) is 0 Å². The molecule has 0 radical (unpaired) electrons. The number of carbonyl (C=O) groups excluding carboxylic acids is 1. The van der Waals surface area contributed by atoms with Crippen LogP contribution in [0.1, 0.15) is 43.3 Å². The summed E-state index contributed by atoms with van der Waals surface area (Å²) in [5, 5.41) is 7.12. The van der Waals surface area contributed by atoms with E-state index in [2.05, 4.69) is 15.6 Å². The standard InChI is InChI=1S/C21H27N3O3/c1-5-23-14(3)13(2)12-26-17-6-7-19-18(10-17)20(15(4)27-19)21(25)24-16-8-9-22-11-16/h5-7,10,16,22H,8-9,11-12H2,1-4H3,(H,24,25)/b14-13+,23-5?. The number of amides is 1. The number of allylic oxidation sites excluding steroid dienone is 1. The van der Waals surface area contributed by atoms with Crippen molar-refractivity contribution in [2.24, 2.45) is 4.99 Å². The van der Waals surface area contributed by atoms with Gasteiger partial charge < -0.3 is 19.8 Å². The predicted molar refractivity (Wildman–Crippen MR) is 108 cm³/mol. The van der Waals surface area contributed by atoms with Gasteiger partial charge in [0.1, 0.15) is 23.7 Å². The zero-order valence-corrected chi connectivity index (χ0v) is 16.4. The SMILES string of the molecule is CC=N/C(C)=C(\C)COc1ccc2oc(C)c(C(=O)NC3CCNC3)c2c1. The summed E-state index contributed by atoms with van der Waals surface area (Å²) in [5.74, 6) is 1.23. The number of nitrogens with one attached hydrogen (secondary N) is 2. The van der Waals surface area contributed by atoms with E-state index in [0.717, 1.165) is 36.2 Å². The van der Waals surface area contributed by atoms with Gasteiger partial charge in [-0.15, -0.1) is 0 Å². The fourth-order valence-corrected chi connectivity index (χ4v) is 3.21. The Hall–Kier alpha value is -2.60. The second-order valence-corrected chi connectivity index (χ2v) is 6.90. The lowest BCUT2D eigenvalue weighted by molar-refractivity contribution is 0.0940. The molecule has 1 unspecified atom stereocenters. The molecule has 6 nitrogen and oxygen atoms in total. The number of carbonyl (C=O) groups is 1. The number of ether oxygens (including phenoxy) is 1. The molecule has 0 spiro atoms. The number of nitrogens with zero attached hydrogens (tertiary/aromatic N) is 1. The molecule has 1 amide bonds. The van der Waals surface area contributed by atoms with E-state index in [1.54, 1.807) is 6.21 Å². The molecule has 27 heavy (non-hydrogen) atoms. The largest absolute Gasteiger partial charge is 0.489 e. The molecular weight excluding hydrogens is 342 g/mol. The van der Waals surface area contributed by atoms with E-state index in [4.69, 9.17) is 9.15 Å². The number of aliphatic imine (C=N–C) groups is 1. The molecule has 1 aliphatic rings. The van der Waals surface area contributed by atoms with Crippen molar-refractivity contribution >= 4 is 23.1 Å². The molecule has 2 aromatic rings. The summed E-state index contributed by atoms with van der Waals surface area (Å²) in [5.41, 5.74) is 3.28. The molecule has 1 aromatic carbocycles. The molecule has 0 saturated carbocycles. The zero-order chi connectivity index (χ0) is 19.4. The third kappa shape index (κ3) is 4.39. The highest BCUT2D eigenvalue weighted by atomic mass is 16.5. The first-order chi connectivity index (χ1) is 13.0. The Morgan fingerprint density at radius 3 is 2.96 bits per heavy atom. The van der Waals surface area contributed by atoms with Crippen LogP contribution in [0.15, 0.2) is 38.9 Å². The van der Waals surface area contributed by atoms with Gasteiger partial charge in [0, 0.05) is 29.9 Å². The summed E-state index contributed by atoms with van der Waals surface area (Å²) < 4.78 is 11.7. The van der Waals surface area contributed by atoms with Crippen LogP contribution in [0, 0.1) is 6.92 Å². The molecule has 2 heterocycles. The Balaban J connectivity index is 1.81. The van der Waals surface area contributed by atoms with Crippen molar-refractivity contribution in [3.63, 3.8) is 0 Å². The van der Waals surface area contributed by atoms with E-state index in [0.29, 0.717) is 29.3 Å². The third-order valence-corrected chi connectivity index (χ3v) is 4.85. The van der Waals surface area contributed by atoms with Gasteiger partial charge in [0.15, 0.2) is 0 Å². The Kier molecular flexibility index (Phi) is 5.96. The second-order valence-electron chi connectivity index (χ2n) is 6.90.